The summed E-state index contributed by atoms with van der Waals surface area (Å²) < 4.78 is 4.38. The normalized spacial score (nSPS) is 8.83. The summed E-state index contributed by atoms with van der Waals surface area (Å²) in [5, 5.41) is 6.62. The molecule has 1 aromatic rings. The SMILES string of the molecule is Clc1nnco1. The molecule has 0 aromatic carbocycles. The van der Waals surface area contributed by atoms with Gasteiger partial charge in [-0.15, -0.1) is 5.10 Å². The Morgan fingerprint density at radius 2 is 2.67 bits per heavy atom. The summed E-state index contributed by atoms with van der Waals surface area (Å²) >= 11 is 5.11. The summed E-state index contributed by atoms with van der Waals surface area (Å²) in [6, 6.07) is 0. The fourth-order valence-corrected chi connectivity index (χ4v) is 0.243. The van der Waals surface area contributed by atoms with Gasteiger partial charge in [0.1, 0.15) is 0 Å². The van der Waals surface area contributed by atoms with Crippen LogP contribution >= 0.6 is 11.6 Å². The molecule has 0 aliphatic carbocycles. The quantitative estimate of drug-likeness (QED) is 0.487. The van der Waals surface area contributed by atoms with Crippen molar-refractivity contribution in [3.63, 3.8) is 0 Å². The van der Waals surface area contributed by atoms with E-state index in [1.807, 2.05) is 0 Å². The van der Waals surface area contributed by atoms with E-state index < -0.39 is 0 Å². The zero-order chi connectivity index (χ0) is 4.41. The Morgan fingerprint density at radius 3 is 2.83 bits per heavy atom. The summed E-state index contributed by atoms with van der Waals surface area (Å²) in [5.74, 6) is 0. The molecule has 0 N–H and O–H groups in total. The molecule has 0 saturated carbocycles. The highest BCUT2D eigenvalue weighted by Crippen LogP contribution is 1.96. The van der Waals surface area contributed by atoms with Crippen LogP contribution in [0.4, 0.5) is 0 Å². The molecule has 0 atom stereocenters. The molecule has 32 valence electrons. The van der Waals surface area contributed by atoms with Crippen LogP contribution in [0.2, 0.25) is 5.35 Å². The van der Waals surface area contributed by atoms with Crippen molar-refractivity contribution in [3.8, 4) is 0 Å². The van der Waals surface area contributed by atoms with Gasteiger partial charge in [-0.1, -0.05) is 5.10 Å². The molecule has 0 aliphatic heterocycles. The summed E-state index contributed by atoms with van der Waals surface area (Å²) in [7, 11) is 0. The third-order valence-electron chi connectivity index (χ3n) is 0.333. The molecule has 0 bridgehead atoms. The monoisotopic (exact) mass is 104 g/mol. The Morgan fingerprint density at radius 1 is 1.83 bits per heavy atom. The number of hydrogen-bond donors (Lipinski definition) is 0. The number of nitrogens with zero attached hydrogens (tertiary/aromatic N) is 2. The van der Waals surface area contributed by atoms with Crippen molar-refractivity contribution in [1.82, 2.24) is 10.2 Å². The van der Waals surface area contributed by atoms with Crippen LogP contribution in [-0.4, -0.2) is 10.2 Å². The topological polar surface area (TPSA) is 38.9 Å². The molecular formula is C2HClN2O. The minimum atomic E-state index is 0.0787. The van der Waals surface area contributed by atoms with Gasteiger partial charge in [0.05, 0.1) is 0 Å². The molecule has 0 amide bonds. The third-order valence-corrected chi connectivity index (χ3v) is 0.498. The van der Waals surface area contributed by atoms with Gasteiger partial charge in [-0.2, -0.15) is 0 Å². The number of aromatic nitrogens is 2. The maximum Gasteiger partial charge on any atom is 0.312 e. The van der Waals surface area contributed by atoms with Gasteiger partial charge in [0.25, 0.3) is 0 Å². The largest absolute Gasteiger partial charge is 0.415 e. The van der Waals surface area contributed by atoms with Crippen LogP contribution in [-0.2, 0) is 0 Å². The van der Waals surface area contributed by atoms with Crippen molar-refractivity contribution >= 4 is 11.6 Å². The first kappa shape index (κ1) is 3.61. The van der Waals surface area contributed by atoms with Gasteiger partial charge in [0, 0.05) is 0 Å². The number of rotatable bonds is 0. The average Bonchev–Trinajstić information content (AvgIpc) is 1.86. The highest BCUT2D eigenvalue weighted by Gasteiger charge is 1.83. The Hall–Kier alpha value is -0.570. The van der Waals surface area contributed by atoms with Crippen LogP contribution < -0.4 is 0 Å². The minimum absolute atomic E-state index is 0.0787. The smallest absolute Gasteiger partial charge is 0.312 e. The molecule has 0 spiro atoms. The lowest BCUT2D eigenvalue weighted by Crippen LogP contribution is -1.58. The summed E-state index contributed by atoms with van der Waals surface area (Å²) in [6.45, 7) is 0. The van der Waals surface area contributed by atoms with E-state index in [1.165, 1.54) is 6.39 Å². The summed E-state index contributed by atoms with van der Waals surface area (Å²) in [6.07, 6.45) is 1.17. The maximum atomic E-state index is 5.11. The molecule has 0 unspecified atom stereocenters. The zero-order valence-electron chi connectivity index (χ0n) is 2.76. The molecule has 0 radical (unpaired) electrons. The highest BCUT2D eigenvalue weighted by molar-refractivity contribution is 6.27. The number of hydrogen-bond acceptors (Lipinski definition) is 3. The predicted molar refractivity (Wildman–Crippen MR) is 19.3 cm³/mol. The van der Waals surface area contributed by atoms with Gasteiger partial charge in [-0.3, -0.25) is 0 Å². The van der Waals surface area contributed by atoms with E-state index in [1.54, 1.807) is 0 Å². The summed E-state index contributed by atoms with van der Waals surface area (Å²) in [5.41, 5.74) is 0. The fourth-order valence-electron chi connectivity index (χ4n) is 0.160. The first-order valence-electron chi connectivity index (χ1n) is 1.31. The standard InChI is InChI=1S/C2HClN2O/c3-2-5-4-1-6-2/h1H. The van der Waals surface area contributed by atoms with E-state index in [4.69, 9.17) is 11.6 Å². The van der Waals surface area contributed by atoms with Crippen LogP contribution in [0.1, 0.15) is 0 Å². The van der Waals surface area contributed by atoms with Crippen LogP contribution in [0.15, 0.2) is 10.8 Å². The molecule has 6 heavy (non-hydrogen) atoms. The van der Waals surface area contributed by atoms with Crippen molar-refractivity contribution in [1.29, 1.82) is 0 Å². The minimum Gasteiger partial charge on any atom is -0.415 e. The van der Waals surface area contributed by atoms with Crippen LogP contribution in [0, 0.1) is 0 Å². The molecule has 0 saturated heterocycles. The van der Waals surface area contributed by atoms with Gasteiger partial charge in [0.15, 0.2) is 0 Å². The van der Waals surface area contributed by atoms with Gasteiger partial charge in [-0.25, -0.2) is 0 Å². The predicted octanol–water partition coefficient (Wildman–Crippen LogP) is 0.723. The van der Waals surface area contributed by atoms with E-state index in [0.29, 0.717) is 0 Å². The van der Waals surface area contributed by atoms with E-state index >= 15 is 0 Å². The second kappa shape index (κ2) is 1.26. The molecular weight excluding hydrogens is 103 g/mol. The fraction of sp³-hybridized carbons (Fsp3) is 0. The number of halogens is 1. The van der Waals surface area contributed by atoms with E-state index in [2.05, 4.69) is 14.6 Å². The van der Waals surface area contributed by atoms with E-state index in [-0.39, 0.29) is 5.35 Å². The summed E-state index contributed by atoms with van der Waals surface area (Å²) in [4.78, 5) is 0. The highest BCUT2D eigenvalue weighted by atomic mass is 35.5. The lowest BCUT2D eigenvalue weighted by Gasteiger charge is -1.60. The second-order valence-electron chi connectivity index (χ2n) is 0.692. The second-order valence-corrected chi connectivity index (χ2v) is 1.02. The van der Waals surface area contributed by atoms with Gasteiger partial charge in [-0.05, 0) is 11.6 Å². The maximum absolute atomic E-state index is 5.11. The first-order valence-corrected chi connectivity index (χ1v) is 1.69. The Labute approximate surface area is 38.9 Å². The molecule has 0 fully saturated rings. The third kappa shape index (κ3) is 0.490. The molecule has 1 rings (SSSR count). The first-order chi connectivity index (χ1) is 2.89. The Bertz CT molecular complexity index is 115. The van der Waals surface area contributed by atoms with Gasteiger partial charge < -0.3 is 4.42 Å². The van der Waals surface area contributed by atoms with Gasteiger partial charge >= 0.3 is 5.35 Å². The lowest BCUT2D eigenvalue weighted by atomic mass is 11.5. The van der Waals surface area contributed by atoms with Crippen molar-refractivity contribution in [2.75, 3.05) is 0 Å². The molecule has 1 aromatic heterocycles. The Balaban J connectivity index is 3.05. The van der Waals surface area contributed by atoms with E-state index in [9.17, 15) is 0 Å². The van der Waals surface area contributed by atoms with Crippen LogP contribution in [0.5, 0.6) is 0 Å². The molecule has 3 nitrogen and oxygen atoms in total. The molecule has 1 heterocycles. The van der Waals surface area contributed by atoms with Crippen molar-refractivity contribution < 1.29 is 4.42 Å². The van der Waals surface area contributed by atoms with Crippen LogP contribution in [0.3, 0.4) is 0 Å². The molecule has 0 aliphatic rings. The van der Waals surface area contributed by atoms with Gasteiger partial charge in [0.2, 0.25) is 6.39 Å². The van der Waals surface area contributed by atoms with E-state index in [0.717, 1.165) is 0 Å². The van der Waals surface area contributed by atoms with Crippen molar-refractivity contribution in [2.45, 2.75) is 0 Å². The lowest BCUT2D eigenvalue weighted by molar-refractivity contribution is 0.555. The average molecular weight is 104 g/mol. The molecule has 4 heteroatoms. The van der Waals surface area contributed by atoms with Crippen molar-refractivity contribution in [2.24, 2.45) is 0 Å². The van der Waals surface area contributed by atoms with Crippen LogP contribution in [0.25, 0.3) is 0 Å². The van der Waals surface area contributed by atoms with Crippen molar-refractivity contribution in [3.05, 3.63) is 11.7 Å². The zero-order valence-corrected chi connectivity index (χ0v) is 3.51. The Kier molecular flexibility index (Phi) is 0.759.